The van der Waals surface area contributed by atoms with Crippen LogP contribution in [-0.4, -0.2) is 35.4 Å². The number of likely N-dealkylation sites (tertiary alicyclic amines) is 1. The van der Waals surface area contributed by atoms with Crippen LogP contribution >= 0.6 is 22.9 Å². The van der Waals surface area contributed by atoms with Gasteiger partial charge in [0.05, 0.1) is 6.04 Å². The van der Waals surface area contributed by atoms with Gasteiger partial charge in [0.25, 0.3) is 0 Å². The molecule has 0 radical (unpaired) electrons. The van der Waals surface area contributed by atoms with Crippen molar-refractivity contribution in [2.75, 3.05) is 13.6 Å². The van der Waals surface area contributed by atoms with E-state index in [0.29, 0.717) is 4.47 Å². The van der Waals surface area contributed by atoms with E-state index in [1.165, 1.54) is 11.3 Å². The van der Waals surface area contributed by atoms with E-state index in [4.69, 9.17) is 11.6 Å². The summed E-state index contributed by atoms with van der Waals surface area (Å²) in [7, 11) is 1.69. The van der Waals surface area contributed by atoms with E-state index in [1.807, 2.05) is 0 Å². The highest BCUT2D eigenvalue weighted by molar-refractivity contribution is 7.15. The predicted octanol–water partition coefficient (Wildman–Crippen LogP) is 1.90. The van der Waals surface area contributed by atoms with Gasteiger partial charge < -0.3 is 5.32 Å². The molecule has 1 aromatic heterocycles. The second-order valence-electron chi connectivity index (χ2n) is 4.18. The Morgan fingerprint density at radius 3 is 3.18 bits per heavy atom. The highest BCUT2D eigenvalue weighted by atomic mass is 35.5. The summed E-state index contributed by atoms with van der Waals surface area (Å²) in [5.41, 5.74) is 0. The number of carbonyl (C=O) groups excluding carboxylic acids is 1. The molecule has 0 aromatic carbocycles. The normalized spacial score (nSPS) is 21.4. The number of nitrogens with zero attached hydrogens (tertiary/aromatic N) is 2. The second kappa shape index (κ2) is 5.80. The first-order chi connectivity index (χ1) is 8.20. The van der Waals surface area contributed by atoms with Crippen LogP contribution in [0.3, 0.4) is 0 Å². The number of rotatable bonds is 3. The Labute approximate surface area is 110 Å². The van der Waals surface area contributed by atoms with Gasteiger partial charge >= 0.3 is 0 Å². The molecular weight excluding hydrogens is 258 g/mol. The average Bonchev–Trinajstić information content (AvgIpc) is 2.74. The number of amides is 1. The maximum absolute atomic E-state index is 11.8. The maximum Gasteiger partial charge on any atom is 0.237 e. The molecule has 17 heavy (non-hydrogen) atoms. The lowest BCUT2D eigenvalue weighted by molar-refractivity contribution is -0.127. The van der Waals surface area contributed by atoms with Gasteiger partial charge in [-0.25, -0.2) is 4.98 Å². The van der Waals surface area contributed by atoms with Crippen molar-refractivity contribution in [1.82, 2.24) is 15.2 Å². The van der Waals surface area contributed by atoms with Crippen molar-refractivity contribution >= 4 is 28.8 Å². The SMILES string of the molecule is CNC(=O)C1CCCCN1Cc1cnc(Cl)s1. The van der Waals surface area contributed by atoms with E-state index in [1.54, 1.807) is 13.2 Å². The Hall–Kier alpha value is -0.650. The zero-order valence-corrected chi connectivity index (χ0v) is 11.4. The largest absolute Gasteiger partial charge is 0.358 e. The van der Waals surface area contributed by atoms with Crippen molar-refractivity contribution in [2.24, 2.45) is 0 Å². The molecule has 2 heterocycles. The summed E-state index contributed by atoms with van der Waals surface area (Å²) in [6.07, 6.45) is 5.01. The summed E-state index contributed by atoms with van der Waals surface area (Å²) in [6.45, 7) is 1.73. The van der Waals surface area contributed by atoms with E-state index in [9.17, 15) is 4.79 Å². The summed E-state index contributed by atoms with van der Waals surface area (Å²) in [5.74, 6) is 0.111. The van der Waals surface area contributed by atoms with E-state index in [-0.39, 0.29) is 11.9 Å². The smallest absolute Gasteiger partial charge is 0.237 e. The summed E-state index contributed by atoms with van der Waals surface area (Å²) in [5, 5.41) is 2.74. The number of hydrogen-bond donors (Lipinski definition) is 1. The molecule has 0 bridgehead atoms. The van der Waals surface area contributed by atoms with Gasteiger partial charge in [-0.2, -0.15) is 0 Å². The van der Waals surface area contributed by atoms with Gasteiger partial charge in [-0.1, -0.05) is 18.0 Å². The van der Waals surface area contributed by atoms with Crippen molar-refractivity contribution in [2.45, 2.75) is 31.8 Å². The van der Waals surface area contributed by atoms with Crippen LogP contribution in [0.2, 0.25) is 4.47 Å². The first kappa shape index (κ1) is 12.8. The standard InChI is InChI=1S/C11H16ClN3OS/c1-13-10(16)9-4-2-3-5-15(9)7-8-6-14-11(12)17-8/h6,9H,2-5,7H2,1H3,(H,13,16). The molecule has 2 rings (SSSR count). The van der Waals surface area contributed by atoms with Crippen molar-refractivity contribution in [3.8, 4) is 0 Å². The van der Waals surface area contributed by atoms with Gasteiger partial charge in [-0.3, -0.25) is 9.69 Å². The molecular formula is C11H16ClN3OS. The Morgan fingerprint density at radius 2 is 2.53 bits per heavy atom. The van der Waals surface area contributed by atoms with E-state index < -0.39 is 0 Å². The molecule has 0 saturated carbocycles. The molecule has 1 aliphatic rings. The molecule has 0 spiro atoms. The Morgan fingerprint density at radius 1 is 1.71 bits per heavy atom. The van der Waals surface area contributed by atoms with Crippen LogP contribution in [0.25, 0.3) is 0 Å². The van der Waals surface area contributed by atoms with Gasteiger partial charge in [0.2, 0.25) is 5.91 Å². The van der Waals surface area contributed by atoms with Crippen LogP contribution in [0, 0.1) is 0 Å². The molecule has 1 unspecified atom stereocenters. The molecule has 1 amide bonds. The van der Waals surface area contributed by atoms with Crippen LogP contribution in [0.15, 0.2) is 6.20 Å². The number of thiazole rings is 1. The lowest BCUT2D eigenvalue weighted by atomic mass is 10.0. The van der Waals surface area contributed by atoms with Gasteiger partial charge in [-0.15, -0.1) is 11.3 Å². The zero-order chi connectivity index (χ0) is 12.3. The number of halogens is 1. The van der Waals surface area contributed by atoms with Gasteiger partial charge in [0.15, 0.2) is 4.47 Å². The molecule has 6 heteroatoms. The lowest BCUT2D eigenvalue weighted by Gasteiger charge is -2.33. The fraction of sp³-hybridized carbons (Fsp3) is 0.636. The van der Waals surface area contributed by atoms with Crippen molar-refractivity contribution in [3.05, 3.63) is 15.5 Å². The van der Waals surface area contributed by atoms with Crippen LogP contribution < -0.4 is 5.32 Å². The highest BCUT2D eigenvalue weighted by Crippen LogP contribution is 2.24. The number of nitrogens with one attached hydrogen (secondary N) is 1. The van der Waals surface area contributed by atoms with Gasteiger partial charge in [-0.05, 0) is 19.4 Å². The fourth-order valence-electron chi connectivity index (χ4n) is 2.20. The molecule has 94 valence electrons. The first-order valence-electron chi connectivity index (χ1n) is 5.76. The van der Waals surface area contributed by atoms with E-state index in [0.717, 1.165) is 37.2 Å². The van der Waals surface area contributed by atoms with Crippen LogP contribution in [0.4, 0.5) is 0 Å². The molecule has 0 aliphatic carbocycles. The monoisotopic (exact) mass is 273 g/mol. The zero-order valence-electron chi connectivity index (χ0n) is 9.78. The Kier molecular flexibility index (Phi) is 4.36. The first-order valence-corrected chi connectivity index (χ1v) is 6.96. The van der Waals surface area contributed by atoms with Gasteiger partial charge in [0.1, 0.15) is 0 Å². The summed E-state index contributed by atoms with van der Waals surface area (Å²) < 4.78 is 0.563. The fourth-order valence-corrected chi connectivity index (χ4v) is 3.20. The number of piperidine rings is 1. The Balaban J connectivity index is 2.03. The van der Waals surface area contributed by atoms with Crippen molar-refractivity contribution in [3.63, 3.8) is 0 Å². The minimum atomic E-state index is -0.00498. The number of likely N-dealkylation sites (N-methyl/N-ethyl adjacent to an activating group) is 1. The van der Waals surface area contributed by atoms with Crippen molar-refractivity contribution < 1.29 is 4.79 Å². The van der Waals surface area contributed by atoms with Gasteiger partial charge in [0, 0.05) is 24.7 Å². The third kappa shape index (κ3) is 3.18. The number of aromatic nitrogens is 1. The Bertz CT molecular complexity index is 396. The molecule has 1 fully saturated rings. The summed E-state index contributed by atoms with van der Waals surface area (Å²) in [6, 6.07) is -0.00498. The second-order valence-corrected chi connectivity index (χ2v) is 5.87. The van der Waals surface area contributed by atoms with E-state index >= 15 is 0 Å². The predicted molar refractivity (Wildman–Crippen MR) is 69.2 cm³/mol. The van der Waals surface area contributed by atoms with Crippen LogP contribution in [-0.2, 0) is 11.3 Å². The molecule has 1 atom stereocenters. The van der Waals surface area contributed by atoms with E-state index in [2.05, 4.69) is 15.2 Å². The average molecular weight is 274 g/mol. The summed E-state index contributed by atoms with van der Waals surface area (Å²) >= 11 is 7.30. The summed E-state index contributed by atoms with van der Waals surface area (Å²) in [4.78, 5) is 19.1. The highest BCUT2D eigenvalue weighted by Gasteiger charge is 2.28. The minimum absolute atomic E-state index is 0.00498. The molecule has 1 aromatic rings. The number of hydrogen-bond acceptors (Lipinski definition) is 4. The maximum atomic E-state index is 11.8. The molecule has 4 nitrogen and oxygen atoms in total. The molecule has 1 aliphatic heterocycles. The lowest BCUT2D eigenvalue weighted by Crippen LogP contribution is -2.48. The molecule has 1 N–H and O–H groups in total. The minimum Gasteiger partial charge on any atom is -0.358 e. The van der Waals surface area contributed by atoms with Crippen LogP contribution in [0.1, 0.15) is 24.1 Å². The van der Waals surface area contributed by atoms with Crippen molar-refractivity contribution in [1.29, 1.82) is 0 Å². The molecule has 1 saturated heterocycles. The third-order valence-corrected chi connectivity index (χ3v) is 4.15. The van der Waals surface area contributed by atoms with Crippen LogP contribution in [0.5, 0.6) is 0 Å². The quantitative estimate of drug-likeness (QED) is 0.915. The third-order valence-electron chi connectivity index (χ3n) is 3.05. The topological polar surface area (TPSA) is 45.2 Å². The number of carbonyl (C=O) groups is 1.